The molecular weight excluding hydrogens is 242 g/mol. The van der Waals surface area contributed by atoms with Crippen LogP contribution in [-0.4, -0.2) is 14.8 Å². The van der Waals surface area contributed by atoms with E-state index in [1.165, 1.54) is 12.8 Å². The molecule has 1 aliphatic carbocycles. The zero-order valence-electron chi connectivity index (χ0n) is 8.70. The van der Waals surface area contributed by atoms with Gasteiger partial charge in [0.2, 0.25) is 0 Å². The van der Waals surface area contributed by atoms with Crippen molar-refractivity contribution >= 4 is 15.9 Å². The van der Waals surface area contributed by atoms with E-state index in [2.05, 4.69) is 44.5 Å². The molecule has 1 aliphatic rings. The smallest absolute Gasteiger partial charge is 0.143 e. The summed E-state index contributed by atoms with van der Waals surface area (Å²) in [5.74, 6) is 3.09. The molecular formula is C10H16BrN3. The van der Waals surface area contributed by atoms with E-state index in [1.54, 1.807) is 0 Å². The molecule has 0 unspecified atom stereocenters. The number of alkyl halides is 1. The van der Waals surface area contributed by atoms with Gasteiger partial charge in [-0.2, -0.15) is 0 Å². The Balaban J connectivity index is 2.23. The summed E-state index contributed by atoms with van der Waals surface area (Å²) < 4.78 is 2.26. The fraction of sp³-hybridized carbons (Fsp3) is 0.800. The Morgan fingerprint density at radius 3 is 2.50 bits per heavy atom. The number of halogens is 1. The first-order valence-electron chi connectivity index (χ1n) is 5.21. The first-order chi connectivity index (χ1) is 6.72. The number of aromatic nitrogens is 3. The Hall–Kier alpha value is -0.380. The maximum Gasteiger partial charge on any atom is 0.143 e. The van der Waals surface area contributed by atoms with Crippen molar-refractivity contribution in [1.82, 2.24) is 14.8 Å². The molecule has 1 saturated carbocycles. The van der Waals surface area contributed by atoms with Gasteiger partial charge in [-0.25, -0.2) is 0 Å². The Kier molecular flexibility index (Phi) is 2.91. The van der Waals surface area contributed by atoms with Crippen LogP contribution in [-0.2, 0) is 11.8 Å². The molecule has 0 amide bonds. The van der Waals surface area contributed by atoms with Crippen molar-refractivity contribution in [2.45, 2.75) is 44.5 Å². The third kappa shape index (κ3) is 2.00. The Morgan fingerprint density at radius 1 is 1.36 bits per heavy atom. The van der Waals surface area contributed by atoms with E-state index in [0.717, 1.165) is 29.3 Å². The predicted molar refractivity (Wildman–Crippen MR) is 59.5 cm³/mol. The predicted octanol–water partition coefficient (Wildman–Crippen LogP) is 2.71. The standard InChI is InChI=1S/C10H16BrN3/c1-7(2)14-9(5-8-3-4-8)12-13-10(14)6-11/h7-8H,3-6H2,1-2H3. The molecule has 0 N–H and O–H groups in total. The van der Waals surface area contributed by atoms with Crippen molar-refractivity contribution in [3.05, 3.63) is 11.6 Å². The summed E-state index contributed by atoms with van der Waals surface area (Å²) in [4.78, 5) is 0. The number of hydrogen-bond acceptors (Lipinski definition) is 2. The quantitative estimate of drug-likeness (QED) is 0.777. The third-order valence-electron chi connectivity index (χ3n) is 2.64. The molecule has 3 nitrogen and oxygen atoms in total. The van der Waals surface area contributed by atoms with E-state index in [0.29, 0.717) is 6.04 Å². The second kappa shape index (κ2) is 4.01. The van der Waals surface area contributed by atoms with Gasteiger partial charge in [0, 0.05) is 12.5 Å². The van der Waals surface area contributed by atoms with E-state index in [9.17, 15) is 0 Å². The molecule has 0 aromatic carbocycles. The van der Waals surface area contributed by atoms with Crippen LogP contribution in [0, 0.1) is 5.92 Å². The lowest BCUT2D eigenvalue weighted by Gasteiger charge is -2.12. The van der Waals surface area contributed by atoms with Crippen molar-refractivity contribution in [2.75, 3.05) is 0 Å². The largest absolute Gasteiger partial charge is 0.312 e. The first kappa shape index (κ1) is 10.1. The van der Waals surface area contributed by atoms with Crippen LogP contribution in [0.15, 0.2) is 0 Å². The van der Waals surface area contributed by atoms with Crippen LogP contribution in [0.25, 0.3) is 0 Å². The monoisotopic (exact) mass is 257 g/mol. The number of hydrogen-bond donors (Lipinski definition) is 0. The van der Waals surface area contributed by atoms with Crippen molar-refractivity contribution < 1.29 is 0 Å². The SMILES string of the molecule is CC(C)n1c(CBr)nnc1CC1CC1. The van der Waals surface area contributed by atoms with Crippen LogP contribution in [0.2, 0.25) is 0 Å². The highest BCUT2D eigenvalue weighted by molar-refractivity contribution is 9.08. The lowest BCUT2D eigenvalue weighted by molar-refractivity contribution is 0.543. The molecule has 4 heteroatoms. The topological polar surface area (TPSA) is 30.7 Å². The maximum atomic E-state index is 4.27. The molecule has 1 aromatic rings. The fourth-order valence-corrected chi connectivity index (χ4v) is 2.15. The highest BCUT2D eigenvalue weighted by atomic mass is 79.9. The molecule has 1 aromatic heterocycles. The van der Waals surface area contributed by atoms with Crippen LogP contribution in [0.4, 0.5) is 0 Å². The van der Waals surface area contributed by atoms with Gasteiger partial charge in [-0.1, -0.05) is 15.9 Å². The van der Waals surface area contributed by atoms with Gasteiger partial charge in [0.15, 0.2) is 0 Å². The first-order valence-corrected chi connectivity index (χ1v) is 6.33. The van der Waals surface area contributed by atoms with Crippen LogP contribution in [0.1, 0.15) is 44.4 Å². The Bertz CT molecular complexity index is 315. The highest BCUT2D eigenvalue weighted by Gasteiger charge is 2.25. The average molecular weight is 258 g/mol. The molecule has 0 atom stereocenters. The second-order valence-electron chi connectivity index (χ2n) is 4.28. The summed E-state index contributed by atoms with van der Waals surface area (Å²) in [5.41, 5.74) is 0. The minimum absolute atomic E-state index is 0.464. The summed E-state index contributed by atoms with van der Waals surface area (Å²) in [6.07, 6.45) is 3.85. The fourth-order valence-electron chi connectivity index (χ4n) is 1.77. The normalized spacial score (nSPS) is 16.6. The number of rotatable bonds is 4. The van der Waals surface area contributed by atoms with Gasteiger partial charge in [-0.05, 0) is 32.6 Å². The van der Waals surface area contributed by atoms with Gasteiger partial charge < -0.3 is 4.57 Å². The zero-order valence-corrected chi connectivity index (χ0v) is 10.3. The van der Waals surface area contributed by atoms with E-state index in [-0.39, 0.29) is 0 Å². The van der Waals surface area contributed by atoms with E-state index < -0.39 is 0 Å². The van der Waals surface area contributed by atoms with E-state index >= 15 is 0 Å². The average Bonchev–Trinajstić information content (AvgIpc) is 2.83. The van der Waals surface area contributed by atoms with Crippen molar-refractivity contribution in [3.63, 3.8) is 0 Å². The van der Waals surface area contributed by atoms with Crippen molar-refractivity contribution in [2.24, 2.45) is 5.92 Å². The molecule has 0 saturated heterocycles. The summed E-state index contributed by atoms with van der Waals surface area (Å²) in [5, 5.41) is 9.27. The number of nitrogens with zero attached hydrogens (tertiary/aromatic N) is 3. The van der Waals surface area contributed by atoms with Gasteiger partial charge in [0.25, 0.3) is 0 Å². The van der Waals surface area contributed by atoms with Crippen molar-refractivity contribution in [1.29, 1.82) is 0 Å². The molecule has 0 spiro atoms. The summed E-state index contributed by atoms with van der Waals surface area (Å²) in [6.45, 7) is 4.37. The lowest BCUT2D eigenvalue weighted by Crippen LogP contribution is -2.10. The minimum atomic E-state index is 0.464. The van der Waals surface area contributed by atoms with Gasteiger partial charge in [-0.15, -0.1) is 10.2 Å². The second-order valence-corrected chi connectivity index (χ2v) is 4.84. The lowest BCUT2D eigenvalue weighted by atomic mass is 10.2. The Labute approximate surface area is 93.0 Å². The van der Waals surface area contributed by atoms with E-state index in [1.807, 2.05) is 0 Å². The maximum absolute atomic E-state index is 4.27. The van der Waals surface area contributed by atoms with Gasteiger partial charge in [0.05, 0.1) is 5.33 Å². The van der Waals surface area contributed by atoms with Crippen LogP contribution in [0.5, 0.6) is 0 Å². The van der Waals surface area contributed by atoms with Crippen LogP contribution < -0.4 is 0 Å². The molecule has 0 bridgehead atoms. The highest BCUT2D eigenvalue weighted by Crippen LogP contribution is 2.32. The zero-order chi connectivity index (χ0) is 10.1. The summed E-state index contributed by atoms with van der Waals surface area (Å²) in [7, 11) is 0. The molecule has 1 fully saturated rings. The van der Waals surface area contributed by atoms with Gasteiger partial charge in [0.1, 0.15) is 11.6 Å². The van der Waals surface area contributed by atoms with E-state index in [4.69, 9.17) is 0 Å². The summed E-state index contributed by atoms with van der Waals surface area (Å²) >= 11 is 3.45. The van der Waals surface area contributed by atoms with Gasteiger partial charge in [-0.3, -0.25) is 0 Å². The molecule has 1 heterocycles. The third-order valence-corrected chi connectivity index (χ3v) is 3.14. The molecule has 78 valence electrons. The van der Waals surface area contributed by atoms with Gasteiger partial charge >= 0.3 is 0 Å². The Morgan fingerprint density at radius 2 is 2.00 bits per heavy atom. The minimum Gasteiger partial charge on any atom is -0.312 e. The molecule has 2 rings (SSSR count). The molecule has 14 heavy (non-hydrogen) atoms. The van der Waals surface area contributed by atoms with Crippen LogP contribution in [0.3, 0.4) is 0 Å². The molecule has 0 aliphatic heterocycles. The van der Waals surface area contributed by atoms with Crippen LogP contribution >= 0.6 is 15.9 Å². The molecule has 0 radical (unpaired) electrons. The summed E-state index contributed by atoms with van der Waals surface area (Å²) in [6, 6.07) is 0.464. The van der Waals surface area contributed by atoms with Crippen molar-refractivity contribution in [3.8, 4) is 0 Å².